The van der Waals surface area contributed by atoms with E-state index in [1.54, 1.807) is 18.8 Å². The summed E-state index contributed by atoms with van der Waals surface area (Å²) in [7, 11) is 0. The summed E-state index contributed by atoms with van der Waals surface area (Å²) in [4.78, 5) is 0. The van der Waals surface area contributed by atoms with Crippen LogP contribution in [0, 0.1) is 0 Å². The Morgan fingerprint density at radius 3 is 2.94 bits per heavy atom. The van der Waals surface area contributed by atoms with E-state index in [-0.39, 0.29) is 0 Å². The van der Waals surface area contributed by atoms with Gasteiger partial charge in [-0.3, -0.25) is 0 Å². The Bertz CT molecular complexity index is 421. The third-order valence-corrected chi connectivity index (χ3v) is 2.54. The van der Waals surface area contributed by atoms with Crippen LogP contribution in [0.4, 0.5) is 0 Å². The first-order valence-electron chi connectivity index (χ1n) is 5.53. The summed E-state index contributed by atoms with van der Waals surface area (Å²) >= 11 is 0. The first-order valence-corrected chi connectivity index (χ1v) is 5.53. The summed E-state index contributed by atoms with van der Waals surface area (Å²) in [6.07, 6.45) is 10.5. The number of rotatable bonds is 5. The van der Waals surface area contributed by atoms with Crippen LogP contribution < -0.4 is 0 Å². The molecular formula is C14H16O2. The second-order valence-electron chi connectivity index (χ2n) is 3.98. The van der Waals surface area contributed by atoms with Gasteiger partial charge < -0.3 is 8.83 Å². The molecule has 0 atom stereocenters. The molecule has 2 aromatic rings. The van der Waals surface area contributed by atoms with E-state index in [0.717, 1.165) is 25.0 Å². The lowest BCUT2D eigenvalue weighted by atomic mass is 10.1. The first-order chi connectivity index (χ1) is 7.84. The number of hydrogen-bond donors (Lipinski definition) is 0. The van der Waals surface area contributed by atoms with Crippen LogP contribution >= 0.6 is 0 Å². The van der Waals surface area contributed by atoms with E-state index in [4.69, 9.17) is 8.83 Å². The number of aryl methyl sites for hydroxylation is 1. The maximum Gasteiger partial charge on any atom is 0.107 e. The Hall–Kier alpha value is -1.70. The van der Waals surface area contributed by atoms with Crippen molar-refractivity contribution in [2.24, 2.45) is 0 Å². The van der Waals surface area contributed by atoms with E-state index in [2.05, 4.69) is 13.0 Å². The average Bonchev–Trinajstić information content (AvgIpc) is 2.90. The van der Waals surface area contributed by atoms with Crippen molar-refractivity contribution in [1.82, 2.24) is 0 Å². The van der Waals surface area contributed by atoms with Crippen LogP contribution in [0.25, 0.3) is 0 Å². The van der Waals surface area contributed by atoms with E-state index in [1.165, 1.54) is 11.1 Å². The molecule has 2 aromatic heterocycles. The summed E-state index contributed by atoms with van der Waals surface area (Å²) in [5.74, 6) is 1.03. The number of furan rings is 2. The minimum atomic E-state index is 0.901. The zero-order valence-electron chi connectivity index (χ0n) is 9.48. The fourth-order valence-corrected chi connectivity index (χ4v) is 1.68. The predicted molar refractivity (Wildman–Crippen MR) is 63.2 cm³/mol. The highest BCUT2D eigenvalue weighted by Crippen LogP contribution is 2.10. The molecule has 2 rings (SSSR count). The van der Waals surface area contributed by atoms with E-state index in [1.807, 2.05) is 18.2 Å². The SMILES string of the molecule is C/C(=C\CCc1ccoc1)Cc1ccco1. The number of allylic oxidation sites excluding steroid dienone is 2. The van der Waals surface area contributed by atoms with Crippen molar-refractivity contribution in [3.05, 3.63) is 60.0 Å². The standard InChI is InChI=1S/C14H16O2/c1-12(10-14-6-3-8-16-14)4-2-5-13-7-9-15-11-13/h3-4,6-9,11H,2,5,10H2,1H3/b12-4+. The fourth-order valence-electron chi connectivity index (χ4n) is 1.68. The Morgan fingerprint density at radius 2 is 2.25 bits per heavy atom. The highest BCUT2D eigenvalue weighted by atomic mass is 16.3. The number of hydrogen-bond acceptors (Lipinski definition) is 2. The molecule has 16 heavy (non-hydrogen) atoms. The molecular weight excluding hydrogens is 200 g/mol. The summed E-state index contributed by atoms with van der Waals surface area (Å²) in [6, 6.07) is 5.94. The zero-order chi connectivity index (χ0) is 11.2. The summed E-state index contributed by atoms with van der Waals surface area (Å²) in [6.45, 7) is 2.14. The third kappa shape index (κ3) is 3.16. The highest BCUT2D eigenvalue weighted by molar-refractivity contribution is 5.12. The average molecular weight is 216 g/mol. The van der Waals surface area contributed by atoms with Crippen LogP contribution in [0.1, 0.15) is 24.7 Å². The largest absolute Gasteiger partial charge is 0.472 e. The normalized spacial score (nSPS) is 11.9. The molecule has 0 fully saturated rings. The van der Waals surface area contributed by atoms with Crippen LogP contribution in [0.3, 0.4) is 0 Å². The predicted octanol–water partition coefficient (Wildman–Crippen LogP) is 3.99. The van der Waals surface area contributed by atoms with Crippen molar-refractivity contribution < 1.29 is 8.83 Å². The summed E-state index contributed by atoms with van der Waals surface area (Å²) in [5, 5.41) is 0. The molecule has 0 aliphatic carbocycles. The van der Waals surface area contributed by atoms with Crippen molar-refractivity contribution >= 4 is 0 Å². The molecule has 0 unspecified atom stereocenters. The van der Waals surface area contributed by atoms with Crippen LogP contribution in [0.5, 0.6) is 0 Å². The summed E-state index contributed by atoms with van der Waals surface area (Å²) < 4.78 is 10.3. The summed E-state index contributed by atoms with van der Waals surface area (Å²) in [5.41, 5.74) is 2.60. The lowest BCUT2D eigenvalue weighted by Gasteiger charge is -1.98. The molecule has 2 heterocycles. The molecule has 84 valence electrons. The minimum absolute atomic E-state index is 0.901. The van der Waals surface area contributed by atoms with Crippen molar-refractivity contribution in [3.63, 3.8) is 0 Å². The molecule has 0 aliphatic rings. The van der Waals surface area contributed by atoms with Crippen molar-refractivity contribution in [1.29, 1.82) is 0 Å². The van der Waals surface area contributed by atoms with Gasteiger partial charge in [0.2, 0.25) is 0 Å². The van der Waals surface area contributed by atoms with Gasteiger partial charge in [-0.05, 0) is 43.5 Å². The molecule has 0 saturated carbocycles. The molecule has 0 bridgehead atoms. The maximum atomic E-state index is 5.30. The van der Waals surface area contributed by atoms with Crippen molar-refractivity contribution in [2.75, 3.05) is 0 Å². The third-order valence-electron chi connectivity index (χ3n) is 2.54. The highest BCUT2D eigenvalue weighted by Gasteiger charge is 1.97. The van der Waals surface area contributed by atoms with Crippen LogP contribution in [0.2, 0.25) is 0 Å². The van der Waals surface area contributed by atoms with Gasteiger partial charge in [0.05, 0.1) is 18.8 Å². The second kappa shape index (κ2) is 5.40. The topological polar surface area (TPSA) is 26.3 Å². The van der Waals surface area contributed by atoms with E-state index in [0.29, 0.717) is 0 Å². The van der Waals surface area contributed by atoms with Gasteiger partial charge in [-0.2, -0.15) is 0 Å². The van der Waals surface area contributed by atoms with Gasteiger partial charge in [-0.25, -0.2) is 0 Å². The Balaban J connectivity index is 1.79. The monoisotopic (exact) mass is 216 g/mol. The lowest BCUT2D eigenvalue weighted by molar-refractivity contribution is 0.519. The van der Waals surface area contributed by atoms with Crippen molar-refractivity contribution in [2.45, 2.75) is 26.2 Å². The molecule has 2 heteroatoms. The van der Waals surface area contributed by atoms with Crippen LogP contribution in [-0.4, -0.2) is 0 Å². The minimum Gasteiger partial charge on any atom is -0.472 e. The zero-order valence-corrected chi connectivity index (χ0v) is 9.48. The van der Waals surface area contributed by atoms with Gasteiger partial charge in [-0.1, -0.05) is 11.6 Å². The molecule has 0 radical (unpaired) electrons. The van der Waals surface area contributed by atoms with Gasteiger partial charge >= 0.3 is 0 Å². The molecule has 0 spiro atoms. The van der Waals surface area contributed by atoms with Crippen LogP contribution in [-0.2, 0) is 12.8 Å². The molecule has 0 aliphatic heterocycles. The maximum absolute atomic E-state index is 5.30. The molecule has 0 N–H and O–H groups in total. The van der Waals surface area contributed by atoms with E-state index < -0.39 is 0 Å². The quantitative estimate of drug-likeness (QED) is 0.706. The van der Waals surface area contributed by atoms with Gasteiger partial charge in [-0.15, -0.1) is 0 Å². The van der Waals surface area contributed by atoms with Gasteiger partial charge in [0.25, 0.3) is 0 Å². The molecule has 2 nitrogen and oxygen atoms in total. The Morgan fingerprint density at radius 1 is 1.31 bits per heavy atom. The van der Waals surface area contributed by atoms with Gasteiger partial charge in [0.1, 0.15) is 5.76 Å². The van der Waals surface area contributed by atoms with E-state index >= 15 is 0 Å². The lowest BCUT2D eigenvalue weighted by Crippen LogP contribution is -1.85. The second-order valence-corrected chi connectivity index (χ2v) is 3.98. The molecule has 0 saturated heterocycles. The van der Waals surface area contributed by atoms with Crippen LogP contribution in [0.15, 0.2) is 57.5 Å². The molecule has 0 amide bonds. The smallest absolute Gasteiger partial charge is 0.107 e. The van der Waals surface area contributed by atoms with Gasteiger partial charge in [0, 0.05) is 6.42 Å². The van der Waals surface area contributed by atoms with Gasteiger partial charge in [0.15, 0.2) is 0 Å². The Kier molecular flexibility index (Phi) is 3.65. The first kappa shape index (κ1) is 10.8. The van der Waals surface area contributed by atoms with E-state index in [9.17, 15) is 0 Å². The molecule has 0 aromatic carbocycles. The van der Waals surface area contributed by atoms with Crippen molar-refractivity contribution in [3.8, 4) is 0 Å². The fraction of sp³-hybridized carbons (Fsp3) is 0.286. The Labute approximate surface area is 95.6 Å².